The molecule has 0 spiro atoms. The van der Waals surface area contributed by atoms with Crippen molar-refractivity contribution in [1.82, 2.24) is 5.27 Å². The molecule has 14 heavy (non-hydrogen) atoms. The number of nitrogens with zero attached hydrogens (tertiary/aromatic N) is 2. The van der Waals surface area contributed by atoms with Crippen molar-refractivity contribution in [3.63, 3.8) is 0 Å². The Morgan fingerprint density at radius 1 is 1.79 bits per heavy atom. The van der Waals surface area contributed by atoms with Crippen LogP contribution in [0.15, 0.2) is 10.7 Å². The van der Waals surface area contributed by atoms with E-state index < -0.39 is 0 Å². The molecule has 0 saturated heterocycles. The second-order valence-corrected chi connectivity index (χ2v) is 2.74. The third kappa shape index (κ3) is 3.42. The van der Waals surface area contributed by atoms with Gasteiger partial charge in [0.1, 0.15) is 6.54 Å². The van der Waals surface area contributed by atoms with Gasteiger partial charge in [-0.05, 0) is 6.92 Å². The van der Waals surface area contributed by atoms with Crippen molar-refractivity contribution in [2.24, 2.45) is 0 Å². The minimum absolute atomic E-state index is 0.0149. The number of aryl methyl sites for hydroxylation is 1. The molecule has 6 nitrogen and oxygen atoms in total. The summed E-state index contributed by atoms with van der Waals surface area (Å²) in [6.45, 7) is 2.74. The standard InChI is InChI=1S/C8H13N3O3/c1-2-13-8(12)4-3-5-11-6-7(9)14-10-11/h6,9H,2-5H2,1H3. The topological polar surface area (TPSA) is 81.3 Å². The molecule has 1 rings (SSSR count). The van der Waals surface area contributed by atoms with Crippen LogP contribution in [0.4, 0.5) is 0 Å². The molecule has 0 atom stereocenters. The molecular formula is C8H13N3O3. The summed E-state index contributed by atoms with van der Waals surface area (Å²) < 4.78 is 10.8. The van der Waals surface area contributed by atoms with Crippen molar-refractivity contribution in [3.8, 4) is 0 Å². The van der Waals surface area contributed by atoms with Crippen LogP contribution in [0.25, 0.3) is 0 Å². The Balaban J connectivity index is 2.22. The largest absolute Gasteiger partial charge is 0.487 e. The molecule has 0 aromatic carbocycles. The summed E-state index contributed by atoms with van der Waals surface area (Å²) in [6.07, 6.45) is 2.46. The average molecular weight is 199 g/mol. The third-order valence-corrected chi connectivity index (χ3v) is 1.58. The number of nitrogens with one attached hydrogen (secondary N) is 1. The zero-order valence-electron chi connectivity index (χ0n) is 8.02. The summed E-state index contributed by atoms with van der Waals surface area (Å²) in [5, 5.41) is 10.6. The molecule has 0 unspecified atom stereocenters. The number of rotatable bonds is 5. The minimum Gasteiger partial charge on any atom is -0.487 e. The van der Waals surface area contributed by atoms with Gasteiger partial charge in [-0.2, -0.15) is 0 Å². The summed E-state index contributed by atoms with van der Waals surface area (Å²) in [4.78, 5) is 10.9. The van der Waals surface area contributed by atoms with Gasteiger partial charge in [0.25, 0.3) is 5.55 Å². The van der Waals surface area contributed by atoms with Crippen LogP contribution in [0.5, 0.6) is 0 Å². The van der Waals surface area contributed by atoms with Crippen molar-refractivity contribution >= 4 is 5.97 Å². The highest BCUT2D eigenvalue weighted by molar-refractivity contribution is 5.69. The monoisotopic (exact) mass is 199 g/mol. The average Bonchev–Trinajstić information content (AvgIpc) is 2.52. The second kappa shape index (κ2) is 5.21. The van der Waals surface area contributed by atoms with Gasteiger partial charge in [-0.25, -0.2) is 4.68 Å². The zero-order valence-corrected chi connectivity index (χ0v) is 8.02. The van der Waals surface area contributed by atoms with E-state index >= 15 is 0 Å². The van der Waals surface area contributed by atoms with Gasteiger partial charge in [0, 0.05) is 6.42 Å². The summed E-state index contributed by atoms with van der Waals surface area (Å²) in [5.41, 5.74) is 0.0149. The maximum absolute atomic E-state index is 10.9. The van der Waals surface area contributed by atoms with E-state index in [1.54, 1.807) is 6.92 Å². The Hall–Kier alpha value is -1.59. The van der Waals surface area contributed by atoms with Gasteiger partial charge in [0.2, 0.25) is 6.20 Å². The van der Waals surface area contributed by atoms with Crippen molar-refractivity contribution in [2.45, 2.75) is 26.3 Å². The van der Waals surface area contributed by atoms with Crippen LogP contribution < -0.4 is 15.5 Å². The minimum atomic E-state index is -0.206. The molecular weight excluding hydrogens is 186 g/mol. The SMILES string of the molecule is CCOC(=O)CCC[n+]1cc(=N)o[n-]1. The number of hydrogen-bond acceptors (Lipinski definition) is 4. The fourth-order valence-electron chi connectivity index (χ4n) is 1.00. The lowest BCUT2D eigenvalue weighted by molar-refractivity contribution is -0.767. The van der Waals surface area contributed by atoms with Gasteiger partial charge in [0.05, 0.1) is 13.0 Å². The van der Waals surface area contributed by atoms with Gasteiger partial charge in [-0.3, -0.25) is 15.5 Å². The number of ether oxygens (including phenoxy) is 1. The van der Waals surface area contributed by atoms with Crippen molar-refractivity contribution in [1.29, 1.82) is 5.41 Å². The first-order valence-corrected chi connectivity index (χ1v) is 4.46. The highest BCUT2D eigenvalue weighted by Gasteiger charge is 2.03. The van der Waals surface area contributed by atoms with Crippen LogP contribution in [0.1, 0.15) is 19.8 Å². The van der Waals surface area contributed by atoms with Crippen molar-refractivity contribution in [2.75, 3.05) is 6.61 Å². The maximum atomic E-state index is 10.9. The lowest BCUT2D eigenvalue weighted by atomic mass is 10.3. The van der Waals surface area contributed by atoms with Gasteiger partial charge < -0.3 is 9.26 Å². The molecule has 0 saturated carbocycles. The smallest absolute Gasteiger partial charge is 0.306 e. The first-order chi connectivity index (χ1) is 6.72. The number of hydrogen-bond donors (Lipinski definition) is 1. The van der Waals surface area contributed by atoms with Crippen LogP contribution in [-0.4, -0.2) is 12.6 Å². The van der Waals surface area contributed by atoms with E-state index in [1.165, 1.54) is 10.9 Å². The highest BCUT2D eigenvalue weighted by Crippen LogP contribution is 1.91. The molecule has 1 N–H and O–H groups in total. The Morgan fingerprint density at radius 2 is 2.57 bits per heavy atom. The Kier molecular flexibility index (Phi) is 3.90. The summed E-state index contributed by atoms with van der Waals surface area (Å²) in [5.74, 6) is -0.206. The molecule has 0 fully saturated rings. The first-order valence-electron chi connectivity index (χ1n) is 4.46. The molecule has 0 amide bonds. The van der Waals surface area contributed by atoms with E-state index in [2.05, 4.69) is 9.79 Å². The first kappa shape index (κ1) is 10.5. The predicted molar refractivity (Wildman–Crippen MR) is 43.9 cm³/mol. The van der Waals surface area contributed by atoms with E-state index in [1.807, 2.05) is 0 Å². The molecule has 6 heteroatoms. The van der Waals surface area contributed by atoms with Crippen LogP contribution >= 0.6 is 0 Å². The number of carbonyl (C=O) groups is 1. The lowest BCUT2D eigenvalue weighted by Gasteiger charge is -1.99. The molecule has 78 valence electrons. The Labute approximate surface area is 80.9 Å². The van der Waals surface area contributed by atoms with E-state index in [9.17, 15) is 4.79 Å². The molecule has 0 aliphatic carbocycles. The normalized spacial score (nSPS) is 10.1. The molecule has 0 radical (unpaired) electrons. The fraction of sp³-hybridized carbons (Fsp3) is 0.625. The maximum Gasteiger partial charge on any atom is 0.306 e. The van der Waals surface area contributed by atoms with E-state index in [0.717, 1.165) is 0 Å². The van der Waals surface area contributed by atoms with E-state index in [4.69, 9.17) is 10.1 Å². The van der Waals surface area contributed by atoms with Gasteiger partial charge >= 0.3 is 5.97 Å². The third-order valence-electron chi connectivity index (χ3n) is 1.58. The molecule has 1 heterocycles. The predicted octanol–water partition coefficient (Wildman–Crippen LogP) is -0.653. The van der Waals surface area contributed by atoms with Crippen LogP contribution in [0, 0.1) is 5.41 Å². The van der Waals surface area contributed by atoms with Crippen LogP contribution in [-0.2, 0) is 16.1 Å². The Bertz CT molecular complexity index is 342. The zero-order chi connectivity index (χ0) is 10.4. The molecule has 1 aromatic rings. The Morgan fingerprint density at radius 3 is 3.14 bits per heavy atom. The van der Waals surface area contributed by atoms with Crippen LogP contribution in [0.3, 0.4) is 0 Å². The summed E-state index contributed by atoms with van der Waals surface area (Å²) in [7, 11) is 0. The summed E-state index contributed by atoms with van der Waals surface area (Å²) >= 11 is 0. The van der Waals surface area contributed by atoms with Crippen molar-refractivity contribution in [3.05, 3.63) is 11.8 Å². The molecule has 1 aromatic heterocycles. The molecule has 0 aliphatic rings. The quantitative estimate of drug-likeness (QED) is 0.504. The highest BCUT2D eigenvalue weighted by atomic mass is 16.5. The fourth-order valence-corrected chi connectivity index (χ4v) is 1.00. The number of esters is 1. The van der Waals surface area contributed by atoms with Crippen molar-refractivity contribution < 1.29 is 18.7 Å². The summed E-state index contributed by atoms with van der Waals surface area (Å²) in [6, 6.07) is 0. The molecule has 0 aliphatic heterocycles. The van der Waals surface area contributed by atoms with E-state index in [-0.39, 0.29) is 11.5 Å². The lowest BCUT2D eigenvalue weighted by Crippen LogP contribution is -2.37. The van der Waals surface area contributed by atoms with Crippen LogP contribution in [0.2, 0.25) is 0 Å². The second-order valence-electron chi connectivity index (χ2n) is 2.74. The molecule has 0 bridgehead atoms. The van der Waals surface area contributed by atoms with Gasteiger partial charge in [-0.1, -0.05) is 0 Å². The van der Waals surface area contributed by atoms with E-state index in [0.29, 0.717) is 26.0 Å². The van der Waals surface area contributed by atoms with Gasteiger partial charge in [-0.15, -0.1) is 0 Å². The van der Waals surface area contributed by atoms with Gasteiger partial charge in [0.15, 0.2) is 0 Å². The number of aromatic nitrogens is 2. The number of carbonyl (C=O) groups excluding carboxylic acids is 1.